The molecule has 0 aliphatic rings. The zero-order chi connectivity index (χ0) is 24.2. The second kappa shape index (κ2) is 9.98. The lowest BCUT2D eigenvalue weighted by atomic mass is 10.1. The molecule has 0 spiro atoms. The van der Waals surface area contributed by atoms with Crippen molar-refractivity contribution in [2.75, 3.05) is 5.75 Å². The summed E-state index contributed by atoms with van der Waals surface area (Å²) < 4.78 is 5.34. The summed E-state index contributed by atoms with van der Waals surface area (Å²) in [5.74, 6) is 0.478. The zero-order valence-corrected chi connectivity index (χ0v) is 19.7. The third-order valence-corrected chi connectivity index (χ3v) is 6.46. The largest absolute Gasteiger partial charge is 0.351 e. The molecule has 3 heterocycles. The van der Waals surface area contributed by atoms with E-state index in [-0.39, 0.29) is 17.2 Å². The van der Waals surface area contributed by atoms with Crippen LogP contribution in [0, 0.1) is 0 Å². The molecule has 0 radical (unpaired) electrons. The van der Waals surface area contributed by atoms with Crippen LogP contribution in [0.3, 0.4) is 0 Å². The molecule has 0 unspecified atom stereocenters. The summed E-state index contributed by atoms with van der Waals surface area (Å²) in [6, 6.07) is 15.4. The van der Waals surface area contributed by atoms with Crippen LogP contribution in [0.25, 0.3) is 16.7 Å². The molecule has 0 aliphatic carbocycles. The van der Waals surface area contributed by atoms with Crippen LogP contribution in [-0.2, 0) is 24.4 Å². The molecular formula is C25H23N7O2S. The standard InChI is InChI=1S/C25H23N7O2S/c1-2-11-31-23(34)20-8-3-4-9-21(20)32-24(31)28-29-25(32)35-16-22(33)27-14-18-6-5-7-19(13-18)15-30-12-10-26-17-30/h2-10,12-13,17H,1,11,14-16H2,(H,27,33). The summed E-state index contributed by atoms with van der Waals surface area (Å²) in [4.78, 5) is 29.6. The van der Waals surface area contributed by atoms with Gasteiger partial charge in [-0.1, -0.05) is 54.2 Å². The molecule has 3 aromatic heterocycles. The summed E-state index contributed by atoms with van der Waals surface area (Å²) in [7, 11) is 0. The van der Waals surface area contributed by atoms with Crippen molar-refractivity contribution in [2.45, 2.75) is 24.8 Å². The van der Waals surface area contributed by atoms with Gasteiger partial charge in [0, 0.05) is 32.0 Å². The molecule has 0 fully saturated rings. The predicted molar refractivity (Wildman–Crippen MR) is 135 cm³/mol. The van der Waals surface area contributed by atoms with Gasteiger partial charge in [-0.25, -0.2) is 4.98 Å². The number of nitrogens with zero attached hydrogens (tertiary/aromatic N) is 6. The number of benzene rings is 2. The molecule has 5 aromatic rings. The fourth-order valence-corrected chi connectivity index (χ4v) is 4.70. The van der Waals surface area contributed by atoms with Gasteiger partial charge < -0.3 is 9.88 Å². The Morgan fingerprint density at radius 2 is 1.97 bits per heavy atom. The Balaban J connectivity index is 1.29. The van der Waals surface area contributed by atoms with Gasteiger partial charge in [0.05, 0.1) is 23.0 Å². The first kappa shape index (κ1) is 22.6. The Morgan fingerprint density at radius 1 is 1.11 bits per heavy atom. The predicted octanol–water partition coefficient (Wildman–Crippen LogP) is 2.88. The number of hydrogen-bond donors (Lipinski definition) is 1. The molecule has 0 aliphatic heterocycles. The van der Waals surface area contributed by atoms with Crippen LogP contribution in [-0.4, -0.2) is 40.4 Å². The lowest BCUT2D eigenvalue weighted by Crippen LogP contribution is -2.25. The highest BCUT2D eigenvalue weighted by molar-refractivity contribution is 7.99. The summed E-state index contributed by atoms with van der Waals surface area (Å²) in [5.41, 5.74) is 2.71. The van der Waals surface area contributed by atoms with Crippen LogP contribution in [0.1, 0.15) is 11.1 Å². The Morgan fingerprint density at radius 3 is 2.80 bits per heavy atom. The SMILES string of the molecule is C=CCn1c(=O)c2ccccc2n2c(SCC(=O)NCc3cccc(Cn4ccnc4)c3)nnc12. The summed E-state index contributed by atoms with van der Waals surface area (Å²) in [6.07, 6.45) is 7.09. The van der Waals surface area contributed by atoms with Crippen molar-refractivity contribution in [2.24, 2.45) is 0 Å². The van der Waals surface area contributed by atoms with Gasteiger partial charge in [0.25, 0.3) is 5.56 Å². The van der Waals surface area contributed by atoms with E-state index in [1.165, 1.54) is 16.3 Å². The van der Waals surface area contributed by atoms with Crippen LogP contribution >= 0.6 is 11.8 Å². The molecule has 0 bridgehead atoms. The maximum Gasteiger partial charge on any atom is 0.263 e. The van der Waals surface area contributed by atoms with E-state index in [1.54, 1.807) is 24.7 Å². The number of rotatable bonds is 9. The fraction of sp³-hybridized carbons (Fsp3) is 0.160. The molecule has 9 nitrogen and oxygen atoms in total. The van der Waals surface area contributed by atoms with Gasteiger partial charge in [0.15, 0.2) is 5.16 Å². The van der Waals surface area contributed by atoms with Gasteiger partial charge >= 0.3 is 0 Å². The van der Waals surface area contributed by atoms with Crippen LogP contribution in [0.2, 0.25) is 0 Å². The minimum Gasteiger partial charge on any atom is -0.351 e. The number of amides is 1. The lowest BCUT2D eigenvalue weighted by Gasteiger charge is -2.10. The number of para-hydroxylation sites is 1. The average molecular weight is 486 g/mol. The van der Waals surface area contributed by atoms with Crippen molar-refractivity contribution in [3.63, 3.8) is 0 Å². The molecule has 10 heteroatoms. The first-order valence-corrected chi connectivity index (χ1v) is 12.0. The Bertz CT molecular complexity index is 1570. The second-order valence-electron chi connectivity index (χ2n) is 7.96. The topological polar surface area (TPSA) is 99.1 Å². The molecule has 0 atom stereocenters. The summed E-state index contributed by atoms with van der Waals surface area (Å²) >= 11 is 1.28. The molecule has 176 valence electrons. The highest BCUT2D eigenvalue weighted by atomic mass is 32.2. The number of imidazole rings is 1. The van der Waals surface area contributed by atoms with Crippen molar-refractivity contribution in [3.8, 4) is 0 Å². The third kappa shape index (κ3) is 4.73. The normalized spacial score (nSPS) is 11.2. The molecular weight excluding hydrogens is 462 g/mol. The summed E-state index contributed by atoms with van der Waals surface area (Å²) in [5, 5.41) is 12.6. The zero-order valence-electron chi connectivity index (χ0n) is 18.9. The number of hydrogen-bond acceptors (Lipinski definition) is 6. The quantitative estimate of drug-likeness (QED) is 0.255. The van der Waals surface area contributed by atoms with Gasteiger partial charge in [-0.3, -0.25) is 18.6 Å². The first-order valence-electron chi connectivity index (χ1n) is 11.0. The van der Waals surface area contributed by atoms with E-state index < -0.39 is 0 Å². The van der Waals surface area contributed by atoms with E-state index in [1.807, 2.05) is 51.6 Å². The maximum absolute atomic E-state index is 12.9. The van der Waals surface area contributed by atoms with E-state index in [0.717, 1.165) is 17.7 Å². The number of fused-ring (bicyclic) bond motifs is 3. The third-order valence-electron chi connectivity index (χ3n) is 5.53. The van der Waals surface area contributed by atoms with Gasteiger partial charge in [-0.05, 0) is 23.3 Å². The van der Waals surface area contributed by atoms with Crippen molar-refractivity contribution in [3.05, 3.63) is 101 Å². The monoisotopic (exact) mass is 485 g/mol. The van der Waals surface area contributed by atoms with Crippen molar-refractivity contribution in [1.82, 2.24) is 34.0 Å². The van der Waals surface area contributed by atoms with Crippen LogP contribution in [0.15, 0.2) is 89.9 Å². The van der Waals surface area contributed by atoms with Gasteiger partial charge in [-0.2, -0.15) is 0 Å². The summed E-state index contributed by atoms with van der Waals surface area (Å²) in [6.45, 7) is 5.21. The number of thioether (sulfide) groups is 1. The molecule has 0 saturated heterocycles. The Hall–Kier alpha value is -4.18. The smallest absolute Gasteiger partial charge is 0.263 e. The number of nitrogens with one attached hydrogen (secondary N) is 1. The van der Waals surface area contributed by atoms with Crippen LogP contribution in [0.5, 0.6) is 0 Å². The number of allylic oxidation sites excluding steroid dienone is 1. The minimum atomic E-state index is -0.148. The van der Waals surface area contributed by atoms with Crippen molar-refractivity contribution >= 4 is 34.3 Å². The maximum atomic E-state index is 12.9. The van der Waals surface area contributed by atoms with E-state index in [0.29, 0.717) is 34.9 Å². The molecule has 1 amide bonds. The molecule has 1 N–H and O–H groups in total. The number of aromatic nitrogens is 6. The van der Waals surface area contributed by atoms with E-state index in [4.69, 9.17) is 0 Å². The highest BCUT2D eigenvalue weighted by Gasteiger charge is 2.17. The van der Waals surface area contributed by atoms with Crippen molar-refractivity contribution in [1.29, 1.82) is 0 Å². The van der Waals surface area contributed by atoms with Gasteiger partial charge in [0.2, 0.25) is 11.7 Å². The Labute approximate surface area is 205 Å². The molecule has 35 heavy (non-hydrogen) atoms. The van der Waals surface area contributed by atoms with Crippen LogP contribution in [0.4, 0.5) is 0 Å². The van der Waals surface area contributed by atoms with E-state index >= 15 is 0 Å². The van der Waals surface area contributed by atoms with E-state index in [2.05, 4.69) is 33.1 Å². The van der Waals surface area contributed by atoms with E-state index in [9.17, 15) is 9.59 Å². The lowest BCUT2D eigenvalue weighted by molar-refractivity contribution is -0.118. The van der Waals surface area contributed by atoms with Gasteiger partial charge in [0.1, 0.15) is 0 Å². The average Bonchev–Trinajstić information content (AvgIpc) is 3.54. The Kier molecular flexibility index (Phi) is 6.44. The minimum absolute atomic E-state index is 0.115. The van der Waals surface area contributed by atoms with Crippen LogP contribution < -0.4 is 10.9 Å². The second-order valence-corrected chi connectivity index (χ2v) is 8.90. The van der Waals surface area contributed by atoms with Crippen molar-refractivity contribution < 1.29 is 4.79 Å². The fourth-order valence-electron chi connectivity index (χ4n) is 3.93. The number of carbonyl (C=O) groups excluding carboxylic acids is 1. The molecule has 2 aromatic carbocycles. The highest BCUT2D eigenvalue weighted by Crippen LogP contribution is 2.21. The molecule has 0 saturated carbocycles. The van der Waals surface area contributed by atoms with Gasteiger partial charge in [-0.15, -0.1) is 16.8 Å². The number of carbonyl (C=O) groups is 1. The first-order chi connectivity index (χ1) is 17.1. The molecule has 5 rings (SSSR count).